The second-order valence-electron chi connectivity index (χ2n) is 4.68. The van der Waals surface area contributed by atoms with E-state index in [0.717, 1.165) is 41.4 Å². The molecule has 6 nitrogen and oxygen atoms in total. The van der Waals surface area contributed by atoms with Gasteiger partial charge in [0.05, 0.1) is 10.7 Å². The number of rotatable bonds is 4. The minimum atomic E-state index is -3.13. The third-order valence-corrected chi connectivity index (χ3v) is 4.94. The second kappa shape index (κ2) is 6.59. The predicted molar refractivity (Wildman–Crippen MR) is 84.7 cm³/mol. The topological polar surface area (TPSA) is 75.2 Å². The van der Waals surface area contributed by atoms with Crippen molar-refractivity contribution in [3.05, 3.63) is 10.7 Å². The van der Waals surface area contributed by atoms with Crippen LogP contribution in [0.1, 0.15) is 12.8 Å². The molecule has 0 aliphatic carbocycles. The first-order chi connectivity index (χ1) is 9.39. The van der Waals surface area contributed by atoms with Gasteiger partial charge in [0.2, 0.25) is 10.0 Å². The molecule has 2 rings (SSSR count). The molecule has 1 saturated heterocycles. The molecule has 1 N–H and O–H groups in total. The summed E-state index contributed by atoms with van der Waals surface area (Å²) in [5.74, 6) is 0.877. The number of halogens is 1. The summed E-state index contributed by atoms with van der Waals surface area (Å²) in [4.78, 5) is 10.9. The van der Waals surface area contributed by atoms with Gasteiger partial charge in [-0.2, -0.15) is 0 Å². The minimum Gasteiger partial charge on any atom is -0.355 e. The number of nitrogens with one attached hydrogen (secondary N) is 1. The summed E-state index contributed by atoms with van der Waals surface area (Å²) in [6, 6.07) is 0.0156. The Morgan fingerprint density at radius 3 is 2.65 bits per heavy atom. The molecule has 0 spiro atoms. The highest BCUT2D eigenvalue weighted by atomic mass is 79.9. The molecule has 0 aromatic carbocycles. The zero-order valence-corrected chi connectivity index (χ0v) is 14.6. The molecule has 1 aliphatic rings. The Hall–Kier alpha value is -0.380. The molecule has 9 heteroatoms. The van der Waals surface area contributed by atoms with E-state index in [1.807, 2.05) is 6.26 Å². The molecule has 1 aliphatic heterocycles. The summed E-state index contributed by atoms with van der Waals surface area (Å²) in [5, 5.41) is 0.736. The van der Waals surface area contributed by atoms with Gasteiger partial charge in [0.25, 0.3) is 0 Å². The lowest BCUT2D eigenvalue weighted by molar-refractivity contribution is 0.459. The summed E-state index contributed by atoms with van der Waals surface area (Å²) in [6.45, 7) is 1.55. The second-order valence-corrected chi connectivity index (χ2v) is 8.09. The first kappa shape index (κ1) is 16.0. The maximum Gasteiger partial charge on any atom is 0.208 e. The van der Waals surface area contributed by atoms with Crippen LogP contribution in [-0.2, 0) is 10.0 Å². The minimum absolute atomic E-state index is 0.0156. The van der Waals surface area contributed by atoms with Crippen LogP contribution < -0.4 is 9.62 Å². The van der Waals surface area contributed by atoms with Crippen LogP contribution in [0.3, 0.4) is 0 Å². The smallest absolute Gasteiger partial charge is 0.208 e. The van der Waals surface area contributed by atoms with Crippen LogP contribution in [0.5, 0.6) is 0 Å². The van der Waals surface area contributed by atoms with Gasteiger partial charge in [-0.25, -0.2) is 23.1 Å². The van der Waals surface area contributed by atoms with E-state index < -0.39 is 10.0 Å². The number of piperidine rings is 1. The fraction of sp³-hybridized carbons (Fsp3) is 0.636. The molecule has 0 radical (unpaired) electrons. The highest BCUT2D eigenvalue weighted by molar-refractivity contribution is 9.10. The fourth-order valence-electron chi connectivity index (χ4n) is 2.17. The predicted octanol–water partition coefficient (Wildman–Crippen LogP) is 1.48. The van der Waals surface area contributed by atoms with Crippen molar-refractivity contribution in [1.82, 2.24) is 14.7 Å². The van der Waals surface area contributed by atoms with Crippen LogP contribution in [0.15, 0.2) is 15.8 Å². The van der Waals surface area contributed by atoms with Gasteiger partial charge in [-0.15, -0.1) is 0 Å². The Bertz CT molecular complexity index is 574. The van der Waals surface area contributed by atoms with Crippen LogP contribution in [0.2, 0.25) is 0 Å². The summed E-state index contributed by atoms with van der Waals surface area (Å²) in [5.41, 5.74) is 0. The Morgan fingerprint density at radius 1 is 1.45 bits per heavy atom. The van der Waals surface area contributed by atoms with E-state index in [0.29, 0.717) is 0 Å². The molecule has 1 aromatic heterocycles. The highest BCUT2D eigenvalue weighted by Crippen LogP contribution is 2.27. The van der Waals surface area contributed by atoms with Gasteiger partial charge in [0.1, 0.15) is 5.82 Å². The molecule has 1 fully saturated rings. The molecular formula is C11H17BrN4O2S2. The Morgan fingerprint density at radius 2 is 2.10 bits per heavy atom. The van der Waals surface area contributed by atoms with Gasteiger partial charge in [-0.1, -0.05) is 11.8 Å². The van der Waals surface area contributed by atoms with Gasteiger partial charge in [0, 0.05) is 25.3 Å². The van der Waals surface area contributed by atoms with Crippen molar-refractivity contribution < 1.29 is 8.42 Å². The van der Waals surface area contributed by atoms with Crippen LogP contribution in [0.25, 0.3) is 0 Å². The lowest BCUT2D eigenvalue weighted by Gasteiger charge is -2.33. The molecular weight excluding hydrogens is 364 g/mol. The maximum absolute atomic E-state index is 11.2. The number of hydrogen-bond donors (Lipinski definition) is 1. The quantitative estimate of drug-likeness (QED) is 0.629. The van der Waals surface area contributed by atoms with Gasteiger partial charge in [-0.05, 0) is 35.0 Å². The third kappa shape index (κ3) is 4.31. The molecule has 0 unspecified atom stereocenters. The van der Waals surface area contributed by atoms with Crippen molar-refractivity contribution >= 4 is 43.5 Å². The van der Waals surface area contributed by atoms with Gasteiger partial charge in [-0.3, -0.25) is 0 Å². The van der Waals surface area contributed by atoms with E-state index >= 15 is 0 Å². The molecule has 0 atom stereocenters. The van der Waals surface area contributed by atoms with Crippen LogP contribution in [0.4, 0.5) is 5.82 Å². The Balaban J connectivity index is 2.03. The van der Waals surface area contributed by atoms with Gasteiger partial charge >= 0.3 is 0 Å². The number of hydrogen-bond acceptors (Lipinski definition) is 6. The molecule has 112 valence electrons. The standard InChI is InChI=1S/C11H17BrN4O2S2/c1-19-11-13-7-9(12)10(14-11)16-5-3-8(4-6-16)15-20(2,17)18/h7-8,15H,3-6H2,1-2H3. The summed E-state index contributed by atoms with van der Waals surface area (Å²) in [7, 11) is -3.13. The number of nitrogens with zero attached hydrogens (tertiary/aromatic N) is 3. The van der Waals surface area contributed by atoms with Crippen LogP contribution >= 0.6 is 27.7 Å². The van der Waals surface area contributed by atoms with Gasteiger partial charge in [0.15, 0.2) is 5.16 Å². The lowest BCUT2D eigenvalue weighted by atomic mass is 10.1. The maximum atomic E-state index is 11.2. The largest absolute Gasteiger partial charge is 0.355 e. The van der Waals surface area contributed by atoms with Crippen molar-refractivity contribution in [2.24, 2.45) is 0 Å². The zero-order valence-electron chi connectivity index (χ0n) is 11.3. The third-order valence-electron chi connectivity index (χ3n) is 3.06. The monoisotopic (exact) mass is 380 g/mol. The number of thioether (sulfide) groups is 1. The van der Waals surface area contributed by atoms with E-state index in [-0.39, 0.29) is 6.04 Å². The fourth-order valence-corrected chi connectivity index (χ4v) is 3.79. The van der Waals surface area contributed by atoms with Crippen molar-refractivity contribution in [2.45, 2.75) is 24.0 Å². The molecule has 1 aromatic rings. The zero-order chi connectivity index (χ0) is 14.8. The van der Waals surface area contributed by atoms with Crippen LogP contribution in [0, 0.1) is 0 Å². The van der Waals surface area contributed by atoms with E-state index in [1.165, 1.54) is 18.0 Å². The average Bonchev–Trinajstić information content (AvgIpc) is 2.39. The van der Waals surface area contributed by atoms with E-state index in [4.69, 9.17) is 0 Å². The number of sulfonamides is 1. The summed E-state index contributed by atoms with van der Waals surface area (Å²) < 4.78 is 26.0. The highest BCUT2D eigenvalue weighted by Gasteiger charge is 2.23. The van der Waals surface area contributed by atoms with Crippen LogP contribution in [-0.4, -0.2) is 50.0 Å². The lowest BCUT2D eigenvalue weighted by Crippen LogP contribution is -2.44. The first-order valence-electron chi connectivity index (χ1n) is 6.18. The Kier molecular flexibility index (Phi) is 5.27. The Labute approximate surface area is 131 Å². The molecule has 2 heterocycles. The van der Waals surface area contributed by atoms with Crippen molar-refractivity contribution in [1.29, 1.82) is 0 Å². The molecule has 0 saturated carbocycles. The summed E-state index contributed by atoms with van der Waals surface area (Å²) >= 11 is 4.97. The van der Waals surface area contributed by atoms with Crippen molar-refractivity contribution in [3.63, 3.8) is 0 Å². The van der Waals surface area contributed by atoms with E-state index in [2.05, 4.69) is 35.5 Å². The average molecular weight is 381 g/mol. The van der Waals surface area contributed by atoms with E-state index in [1.54, 1.807) is 6.20 Å². The molecule has 0 bridgehead atoms. The van der Waals surface area contributed by atoms with Gasteiger partial charge < -0.3 is 4.90 Å². The van der Waals surface area contributed by atoms with Crippen molar-refractivity contribution in [2.75, 3.05) is 30.5 Å². The number of aromatic nitrogens is 2. The summed E-state index contributed by atoms with van der Waals surface area (Å²) in [6.07, 6.45) is 6.45. The van der Waals surface area contributed by atoms with Crippen molar-refractivity contribution in [3.8, 4) is 0 Å². The molecule has 0 amide bonds. The van der Waals surface area contributed by atoms with E-state index in [9.17, 15) is 8.42 Å². The molecule has 20 heavy (non-hydrogen) atoms. The number of anilines is 1. The SMILES string of the molecule is CSc1ncc(Br)c(N2CCC(NS(C)(=O)=O)CC2)n1. The first-order valence-corrected chi connectivity index (χ1v) is 10.1. The normalized spacial score (nSPS) is 17.4.